The smallest absolute Gasteiger partial charge is 0.325 e. The molecule has 0 heterocycles. The van der Waals surface area contributed by atoms with Crippen molar-refractivity contribution in [3.63, 3.8) is 0 Å². The molecular formula is C38H55N3O7. The van der Waals surface area contributed by atoms with Crippen molar-refractivity contribution in [2.45, 2.75) is 123 Å². The molecule has 5 N–H and O–H groups in total. The molecule has 0 aliphatic carbocycles. The van der Waals surface area contributed by atoms with E-state index in [0.29, 0.717) is 23.1 Å². The Hall–Kier alpha value is -4.05. The van der Waals surface area contributed by atoms with E-state index < -0.39 is 48.0 Å². The van der Waals surface area contributed by atoms with Gasteiger partial charge in [0.25, 0.3) is 0 Å². The van der Waals surface area contributed by atoms with E-state index in [1.807, 2.05) is 26.8 Å². The topological polar surface area (TPSA) is 165 Å². The van der Waals surface area contributed by atoms with E-state index in [0.717, 1.165) is 32.1 Å². The molecule has 0 saturated carbocycles. The van der Waals surface area contributed by atoms with Crippen molar-refractivity contribution in [3.8, 4) is 0 Å². The maximum atomic E-state index is 13.5. The average Bonchev–Trinajstić information content (AvgIpc) is 3.08. The minimum absolute atomic E-state index is 0.0420. The van der Waals surface area contributed by atoms with Gasteiger partial charge in [0.1, 0.15) is 24.2 Å². The lowest BCUT2D eigenvalue weighted by Crippen LogP contribution is -2.52. The SMILES string of the molecule is CCCCCCCC[C@H](C)[C@H](CC(=O)N[C@@H](Cc1ccc(C(=O)c2ccccc2)cc1)C(=O)N[C@@H](C)C(=O)O)OC(=O)[C@H](N)[C@@H](C)CC. The minimum atomic E-state index is -1.22. The van der Waals surface area contributed by atoms with Crippen LogP contribution in [-0.2, 0) is 30.3 Å². The summed E-state index contributed by atoms with van der Waals surface area (Å²) in [7, 11) is 0. The molecule has 0 fully saturated rings. The zero-order valence-electron chi connectivity index (χ0n) is 29.2. The Morgan fingerprint density at radius 1 is 0.792 bits per heavy atom. The molecule has 0 spiro atoms. The molecule has 264 valence electrons. The highest BCUT2D eigenvalue weighted by molar-refractivity contribution is 6.09. The van der Waals surface area contributed by atoms with Crippen LogP contribution in [0, 0.1) is 11.8 Å². The van der Waals surface area contributed by atoms with Gasteiger partial charge >= 0.3 is 11.9 Å². The zero-order chi connectivity index (χ0) is 35.6. The molecule has 0 unspecified atom stereocenters. The van der Waals surface area contributed by atoms with Gasteiger partial charge in [-0.15, -0.1) is 0 Å². The van der Waals surface area contributed by atoms with Crippen molar-refractivity contribution < 1.29 is 33.8 Å². The third kappa shape index (κ3) is 13.6. The number of benzene rings is 2. The molecule has 2 aromatic rings. The highest BCUT2D eigenvalue weighted by Crippen LogP contribution is 2.22. The van der Waals surface area contributed by atoms with Crippen LogP contribution >= 0.6 is 0 Å². The Bertz CT molecular complexity index is 1320. The summed E-state index contributed by atoms with van der Waals surface area (Å²) >= 11 is 0. The summed E-state index contributed by atoms with van der Waals surface area (Å²) in [6.45, 7) is 9.27. The van der Waals surface area contributed by atoms with Gasteiger partial charge < -0.3 is 26.2 Å². The van der Waals surface area contributed by atoms with Crippen LogP contribution in [-0.4, -0.2) is 58.9 Å². The predicted molar refractivity (Wildman–Crippen MR) is 186 cm³/mol. The number of amides is 2. The first-order valence-electron chi connectivity index (χ1n) is 17.3. The van der Waals surface area contributed by atoms with Gasteiger partial charge in [-0.3, -0.25) is 24.0 Å². The third-order valence-corrected chi connectivity index (χ3v) is 8.90. The summed E-state index contributed by atoms with van der Waals surface area (Å²) in [6.07, 6.45) is 7.18. The van der Waals surface area contributed by atoms with Gasteiger partial charge in [-0.25, -0.2) is 0 Å². The molecule has 10 heteroatoms. The van der Waals surface area contributed by atoms with Crippen molar-refractivity contribution >= 4 is 29.5 Å². The number of carboxylic acids is 1. The van der Waals surface area contributed by atoms with E-state index in [-0.39, 0.29) is 30.5 Å². The number of nitrogens with one attached hydrogen (secondary N) is 2. The quantitative estimate of drug-likeness (QED) is 0.0717. The molecule has 2 aromatic carbocycles. The molecule has 10 nitrogen and oxygen atoms in total. The number of aliphatic carboxylic acids is 1. The van der Waals surface area contributed by atoms with Gasteiger partial charge in [0.2, 0.25) is 11.8 Å². The van der Waals surface area contributed by atoms with Crippen LogP contribution in [0.15, 0.2) is 54.6 Å². The molecule has 0 aromatic heterocycles. The predicted octanol–water partition coefficient (Wildman–Crippen LogP) is 5.60. The summed E-state index contributed by atoms with van der Waals surface area (Å²) in [5.74, 6) is -3.35. The number of carboxylic acid groups (broad SMARTS) is 1. The van der Waals surface area contributed by atoms with Crippen molar-refractivity contribution in [2.24, 2.45) is 17.6 Å². The molecule has 0 radical (unpaired) electrons. The first-order valence-corrected chi connectivity index (χ1v) is 17.3. The first-order chi connectivity index (χ1) is 22.9. The van der Waals surface area contributed by atoms with Gasteiger partial charge in [0.05, 0.1) is 6.42 Å². The maximum absolute atomic E-state index is 13.5. The van der Waals surface area contributed by atoms with Gasteiger partial charge in [-0.2, -0.15) is 0 Å². The van der Waals surface area contributed by atoms with E-state index >= 15 is 0 Å². The molecular weight excluding hydrogens is 610 g/mol. The summed E-state index contributed by atoms with van der Waals surface area (Å²) in [5, 5.41) is 14.6. The monoisotopic (exact) mass is 665 g/mol. The lowest BCUT2D eigenvalue weighted by molar-refractivity contribution is -0.156. The minimum Gasteiger partial charge on any atom is -0.480 e. The normalized spacial score (nSPS) is 14.9. The molecule has 2 rings (SSSR count). The molecule has 0 bridgehead atoms. The second-order valence-electron chi connectivity index (χ2n) is 12.9. The second-order valence-corrected chi connectivity index (χ2v) is 12.9. The summed E-state index contributed by atoms with van der Waals surface area (Å²) in [6, 6.07) is 12.4. The standard InChI is InChI=1S/C38H55N3O7/c1-6-8-9-10-11-13-16-26(4)32(48-38(47)34(39)25(3)7-2)24-33(42)41-31(36(44)40-27(5)37(45)46)23-28-19-21-30(22-20-28)35(43)29-17-14-12-15-18-29/h12,14-15,17-22,25-27,31-32,34H,6-11,13,16,23-24,39H2,1-5H3,(H,40,44)(H,41,42)(H,45,46)/t25-,26-,27-,31-,32-,34+/m0/s1. The number of rotatable bonds is 22. The second kappa shape index (κ2) is 21.0. The van der Waals surface area contributed by atoms with Crippen LogP contribution in [0.25, 0.3) is 0 Å². The highest BCUT2D eigenvalue weighted by Gasteiger charge is 2.31. The number of carbonyl (C=O) groups excluding carboxylic acids is 4. The Morgan fingerprint density at radius 2 is 1.40 bits per heavy atom. The van der Waals surface area contributed by atoms with Gasteiger partial charge in [0.15, 0.2) is 5.78 Å². The lowest BCUT2D eigenvalue weighted by Gasteiger charge is -2.27. The summed E-state index contributed by atoms with van der Waals surface area (Å²) in [4.78, 5) is 64.1. The van der Waals surface area contributed by atoms with Gasteiger partial charge in [-0.1, -0.05) is 127 Å². The zero-order valence-corrected chi connectivity index (χ0v) is 29.2. The van der Waals surface area contributed by atoms with E-state index in [4.69, 9.17) is 10.5 Å². The number of ether oxygens (including phenoxy) is 1. The van der Waals surface area contributed by atoms with Crippen molar-refractivity contribution in [3.05, 3.63) is 71.3 Å². The average molecular weight is 666 g/mol. The number of ketones is 1. The Morgan fingerprint density at radius 3 is 2.00 bits per heavy atom. The van der Waals surface area contributed by atoms with Crippen LogP contribution < -0.4 is 16.4 Å². The largest absolute Gasteiger partial charge is 0.480 e. The number of carbonyl (C=O) groups is 5. The number of hydrogen-bond donors (Lipinski definition) is 4. The fourth-order valence-corrected chi connectivity index (χ4v) is 5.31. The summed E-state index contributed by atoms with van der Waals surface area (Å²) < 4.78 is 5.86. The number of unbranched alkanes of at least 4 members (excludes halogenated alkanes) is 5. The van der Waals surface area contributed by atoms with E-state index in [1.165, 1.54) is 19.8 Å². The fraction of sp³-hybridized carbons (Fsp3) is 0.553. The molecule has 48 heavy (non-hydrogen) atoms. The van der Waals surface area contributed by atoms with Crippen molar-refractivity contribution in [1.82, 2.24) is 10.6 Å². The summed E-state index contributed by atoms with van der Waals surface area (Å²) in [5.41, 5.74) is 7.83. The highest BCUT2D eigenvalue weighted by atomic mass is 16.5. The lowest BCUT2D eigenvalue weighted by atomic mass is 9.93. The van der Waals surface area contributed by atoms with Crippen LogP contribution in [0.3, 0.4) is 0 Å². The van der Waals surface area contributed by atoms with Gasteiger partial charge in [-0.05, 0) is 30.7 Å². The number of esters is 1. The van der Waals surface area contributed by atoms with E-state index in [1.54, 1.807) is 48.5 Å². The Labute approximate surface area is 285 Å². The number of hydrogen-bond acceptors (Lipinski definition) is 7. The molecule has 0 aliphatic heterocycles. The first kappa shape index (κ1) is 40.1. The molecule has 0 aliphatic rings. The fourth-order valence-electron chi connectivity index (χ4n) is 5.31. The molecule has 2 amide bonds. The van der Waals surface area contributed by atoms with E-state index in [2.05, 4.69) is 17.6 Å². The number of nitrogens with two attached hydrogens (primary N) is 1. The van der Waals surface area contributed by atoms with Crippen LogP contribution in [0.2, 0.25) is 0 Å². The van der Waals surface area contributed by atoms with Gasteiger partial charge in [0, 0.05) is 17.5 Å². The van der Waals surface area contributed by atoms with Crippen molar-refractivity contribution in [2.75, 3.05) is 0 Å². The Kier molecular flexibility index (Phi) is 17.6. The maximum Gasteiger partial charge on any atom is 0.325 e. The molecule has 0 saturated heterocycles. The van der Waals surface area contributed by atoms with Crippen LogP contribution in [0.4, 0.5) is 0 Å². The molecule has 6 atom stereocenters. The van der Waals surface area contributed by atoms with Crippen LogP contribution in [0.1, 0.15) is 114 Å². The van der Waals surface area contributed by atoms with Crippen molar-refractivity contribution in [1.29, 1.82) is 0 Å². The third-order valence-electron chi connectivity index (χ3n) is 8.90. The van der Waals surface area contributed by atoms with Crippen LogP contribution in [0.5, 0.6) is 0 Å². The Balaban J connectivity index is 2.21. The van der Waals surface area contributed by atoms with E-state index in [9.17, 15) is 29.1 Å².